The van der Waals surface area contributed by atoms with Crippen molar-refractivity contribution in [1.29, 1.82) is 5.26 Å². The number of ether oxygens (including phenoxy) is 1. The molecule has 7 heteroatoms. The Morgan fingerprint density at radius 1 is 1.19 bits per heavy atom. The summed E-state index contributed by atoms with van der Waals surface area (Å²) < 4.78 is 6.35. The number of phenolic OH excluding ortho intramolecular Hbond substituents is 1. The fraction of sp³-hybridized carbons (Fsp3) is 0.463. The summed E-state index contributed by atoms with van der Waals surface area (Å²) in [7, 11) is 0. The Hall–Kier alpha value is -4.44. The summed E-state index contributed by atoms with van der Waals surface area (Å²) in [5, 5.41) is 22.1. The van der Waals surface area contributed by atoms with Crippen molar-refractivity contribution in [2.24, 2.45) is 17.8 Å². The first-order chi connectivity index (χ1) is 23.3. The molecule has 2 aromatic carbocycles. The number of benzene rings is 2. The van der Waals surface area contributed by atoms with Gasteiger partial charge in [0.15, 0.2) is 5.78 Å². The maximum Gasteiger partial charge on any atom is 0.318 e. The average molecular weight is 649 g/mol. The van der Waals surface area contributed by atoms with Crippen molar-refractivity contribution < 1.29 is 14.6 Å². The van der Waals surface area contributed by atoms with Crippen molar-refractivity contribution in [2.75, 3.05) is 24.6 Å². The van der Waals surface area contributed by atoms with Crippen LogP contribution in [0.5, 0.6) is 11.8 Å². The number of fused-ring (bicyclic) bond motifs is 1. The van der Waals surface area contributed by atoms with E-state index < -0.39 is 0 Å². The largest absolute Gasteiger partial charge is 0.508 e. The van der Waals surface area contributed by atoms with Crippen LogP contribution in [0, 0.1) is 29.1 Å². The predicted octanol–water partition coefficient (Wildman–Crippen LogP) is 8.89. The third-order valence-corrected chi connectivity index (χ3v) is 9.55. The molecule has 1 unspecified atom stereocenters. The molecular formula is C41H52N4O3. The van der Waals surface area contributed by atoms with Crippen molar-refractivity contribution in [3.05, 3.63) is 90.7 Å². The van der Waals surface area contributed by atoms with Gasteiger partial charge < -0.3 is 14.7 Å². The molecule has 1 aliphatic rings. The van der Waals surface area contributed by atoms with Crippen LogP contribution in [0.1, 0.15) is 82.0 Å². The Morgan fingerprint density at radius 3 is 2.73 bits per heavy atom. The smallest absolute Gasteiger partial charge is 0.318 e. The molecule has 1 fully saturated rings. The van der Waals surface area contributed by atoms with E-state index in [0.29, 0.717) is 56.1 Å². The lowest BCUT2D eigenvalue weighted by molar-refractivity contribution is -0.114. The molecule has 3 aromatic rings. The third kappa shape index (κ3) is 10.0. The van der Waals surface area contributed by atoms with E-state index in [-0.39, 0.29) is 18.1 Å². The fourth-order valence-electron chi connectivity index (χ4n) is 6.91. The van der Waals surface area contributed by atoms with Crippen LogP contribution >= 0.6 is 0 Å². The van der Waals surface area contributed by atoms with Crippen LogP contribution in [-0.4, -0.2) is 40.6 Å². The molecule has 0 bridgehead atoms. The second-order valence-corrected chi connectivity index (χ2v) is 13.3. The second kappa shape index (κ2) is 18.2. The number of aryl methyl sites for hydroxylation is 2. The van der Waals surface area contributed by atoms with Crippen LogP contribution in [0.4, 0.5) is 5.82 Å². The van der Waals surface area contributed by atoms with E-state index in [1.54, 1.807) is 0 Å². The number of aromatic hydroxyl groups is 1. The lowest BCUT2D eigenvalue weighted by Gasteiger charge is -2.30. The van der Waals surface area contributed by atoms with Gasteiger partial charge in [-0.2, -0.15) is 15.2 Å². The number of ketones is 1. The zero-order valence-electron chi connectivity index (χ0n) is 28.9. The standard InChI is InChI=1S/C41H52N4O3/c1-6-31-16-13-17-34(31)28-48-41-43-39(8-3)38(19-12-10-15-33-26-36(47)25-32-14-9-11-18-37(32)33)40(44-41)45(27-30(5)20-22-42)23-21-29(4)24-35(46)7-2/h6-7,9,11,14,18,25-26,30-31,34,47H,1-2,4,8,10,12-13,15-17,19-21,23-24,27-28H2,3,5H3/t30-,31?,34-/m0/s1. The van der Waals surface area contributed by atoms with E-state index in [4.69, 9.17) is 14.7 Å². The Kier molecular flexibility index (Phi) is 13.8. The molecule has 3 atom stereocenters. The molecule has 0 spiro atoms. The number of phenols is 1. The van der Waals surface area contributed by atoms with Gasteiger partial charge in [-0.25, -0.2) is 0 Å². The molecule has 1 heterocycles. The monoisotopic (exact) mass is 648 g/mol. The van der Waals surface area contributed by atoms with Crippen molar-refractivity contribution in [1.82, 2.24) is 9.97 Å². The molecule has 1 aromatic heterocycles. The van der Waals surface area contributed by atoms with E-state index >= 15 is 0 Å². The van der Waals surface area contributed by atoms with Crippen LogP contribution in [-0.2, 0) is 24.1 Å². The number of hydrogen-bond donors (Lipinski definition) is 1. The number of allylic oxidation sites excluding steroid dienone is 2. The van der Waals surface area contributed by atoms with Gasteiger partial charge in [0.1, 0.15) is 11.6 Å². The molecule has 1 N–H and O–H groups in total. The van der Waals surface area contributed by atoms with Gasteiger partial charge in [-0.05, 0) is 104 Å². The molecule has 48 heavy (non-hydrogen) atoms. The summed E-state index contributed by atoms with van der Waals surface area (Å²) in [4.78, 5) is 24.4. The van der Waals surface area contributed by atoms with Crippen molar-refractivity contribution in [3.63, 3.8) is 0 Å². The molecule has 4 rings (SSSR count). The van der Waals surface area contributed by atoms with Gasteiger partial charge in [0, 0.05) is 31.5 Å². The maximum absolute atomic E-state index is 12.1. The number of carbonyl (C=O) groups excluding carboxylic acids is 1. The SMILES string of the molecule is C=CC(=O)CC(=C)CCN(C[C@@H](C)CC#N)c1nc(OC[C@@H]2CCCC2C=C)nc(CC)c1CCCCc1cc(O)cc2ccccc12. The van der Waals surface area contributed by atoms with E-state index in [9.17, 15) is 15.2 Å². The molecule has 0 saturated heterocycles. The Morgan fingerprint density at radius 2 is 1.98 bits per heavy atom. The van der Waals surface area contributed by atoms with Gasteiger partial charge in [-0.3, -0.25) is 4.79 Å². The Labute approximate surface area is 287 Å². The summed E-state index contributed by atoms with van der Waals surface area (Å²) in [5.41, 5.74) is 4.07. The zero-order valence-corrected chi connectivity index (χ0v) is 28.9. The van der Waals surface area contributed by atoms with Crippen molar-refractivity contribution >= 4 is 22.4 Å². The molecule has 0 radical (unpaired) electrons. The first-order valence-corrected chi connectivity index (χ1v) is 17.6. The summed E-state index contributed by atoms with van der Waals surface area (Å²) >= 11 is 0. The van der Waals surface area contributed by atoms with E-state index in [1.807, 2.05) is 30.3 Å². The first-order valence-electron chi connectivity index (χ1n) is 17.6. The zero-order chi connectivity index (χ0) is 34.5. The molecule has 0 amide bonds. The van der Waals surface area contributed by atoms with Crippen LogP contribution in [0.15, 0.2) is 73.9 Å². The minimum Gasteiger partial charge on any atom is -0.508 e. The van der Waals surface area contributed by atoms with E-state index in [1.165, 1.54) is 17.9 Å². The van der Waals surface area contributed by atoms with E-state index in [2.05, 4.69) is 56.7 Å². The van der Waals surface area contributed by atoms with Crippen LogP contribution in [0.2, 0.25) is 0 Å². The summed E-state index contributed by atoms with van der Waals surface area (Å²) in [6, 6.07) is 14.6. The maximum atomic E-state index is 12.1. The topological polar surface area (TPSA) is 99.3 Å². The number of nitrogens with zero attached hydrogens (tertiary/aromatic N) is 4. The molecule has 1 saturated carbocycles. The van der Waals surface area contributed by atoms with Gasteiger partial charge in [0.2, 0.25) is 0 Å². The Bertz CT molecular complexity index is 1620. The number of carbonyl (C=O) groups is 1. The highest BCUT2D eigenvalue weighted by Crippen LogP contribution is 2.34. The van der Waals surface area contributed by atoms with Gasteiger partial charge in [-0.1, -0.05) is 69.3 Å². The highest BCUT2D eigenvalue weighted by atomic mass is 16.5. The fourth-order valence-corrected chi connectivity index (χ4v) is 6.91. The lowest BCUT2D eigenvalue weighted by atomic mass is 9.97. The quantitative estimate of drug-likeness (QED) is 0.0742. The molecule has 254 valence electrons. The summed E-state index contributed by atoms with van der Waals surface area (Å²) in [6.07, 6.45) is 12.4. The number of anilines is 1. The molecule has 0 aliphatic heterocycles. The summed E-state index contributed by atoms with van der Waals surface area (Å²) in [5.74, 6) is 2.07. The number of unbranched alkanes of at least 4 members (excludes halogenated alkanes) is 1. The van der Waals surface area contributed by atoms with Gasteiger partial charge >= 0.3 is 6.01 Å². The first kappa shape index (κ1) is 36.4. The van der Waals surface area contributed by atoms with Crippen LogP contribution < -0.4 is 9.64 Å². The average Bonchev–Trinajstić information content (AvgIpc) is 3.55. The molecule has 1 aliphatic carbocycles. The van der Waals surface area contributed by atoms with Gasteiger partial charge in [-0.15, -0.1) is 6.58 Å². The van der Waals surface area contributed by atoms with Gasteiger partial charge in [0.25, 0.3) is 0 Å². The van der Waals surface area contributed by atoms with Crippen molar-refractivity contribution in [2.45, 2.75) is 84.5 Å². The lowest BCUT2D eigenvalue weighted by Crippen LogP contribution is -2.32. The number of nitriles is 1. The molecular weight excluding hydrogens is 596 g/mol. The minimum absolute atomic E-state index is 0.0414. The normalized spacial score (nSPS) is 16.3. The third-order valence-electron chi connectivity index (χ3n) is 9.55. The highest BCUT2D eigenvalue weighted by Gasteiger charge is 2.27. The highest BCUT2D eigenvalue weighted by molar-refractivity contribution is 5.90. The molecule has 7 nitrogen and oxygen atoms in total. The van der Waals surface area contributed by atoms with E-state index in [0.717, 1.165) is 78.5 Å². The minimum atomic E-state index is -0.0414. The predicted molar refractivity (Wildman–Crippen MR) is 195 cm³/mol. The number of aromatic nitrogens is 2. The number of rotatable bonds is 20. The van der Waals surface area contributed by atoms with Gasteiger partial charge in [0.05, 0.1) is 18.4 Å². The van der Waals surface area contributed by atoms with Crippen LogP contribution in [0.25, 0.3) is 10.8 Å². The summed E-state index contributed by atoms with van der Waals surface area (Å²) in [6.45, 7) is 17.8. The van der Waals surface area contributed by atoms with Crippen molar-refractivity contribution in [3.8, 4) is 17.8 Å². The second-order valence-electron chi connectivity index (χ2n) is 13.3. The number of hydrogen-bond acceptors (Lipinski definition) is 7. The Balaban J connectivity index is 1.62. The van der Waals surface area contributed by atoms with Crippen LogP contribution in [0.3, 0.4) is 0 Å².